The normalized spacial score (nSPS) is 20.2. The summed E-state index contributed by atoms with van der Waals surface area (Å²) in [6.07, 6.45) is 1.08. The molecule has 0 saturated carbocycles. The van der Waals surface area contributed by atoms with Crippen LogP contribution in [0.25, 0.3) is 0 Å². The average molecular weight is 348 g/mol. The van der Waals surface area contributed by atoms with E-state index in [9.17, 15) is 0 Å². The van der Waals surface area contributed by atoms with Gasteiger partial charge < -0.3 is 5.32 Å². The largest absolute Gasteiger partial charge is 0.378 e. The van der Waals surface area contributed by atoms with Gasteiger partial charge >= 0.3 is 0 Å². The summed E-state index contributed by atoms with van der Waals surface area (Å²) in [6.45, 7) is 0. The van der Waals surface area contributed by atoms with E-state index in [4.69, 9.17) is 0 Å². The van der Waals surface area contributed by atoms with Gasteiger partial charge in [-0.3, -0.25) is 0 Å². The summed E-state index contributed by atoms with van der Waals surface area (Å²) < 4.78 is 0.0615. The second-order valence-electron chi connectivity index (χ2n) is 6.26. The predicted octanol–water partition coefficient (Wildman–Crippen LogP) is 6.29. The van der Waals surface area contributed by atoms with Gasteiger partial charge in [-0.25, -0.2) is 0 Å². The van der Waals surface area contributed by atoms with Gasteiger partial charge in [-0.2, -0.15) is 0 Å². The lowest BCUT2D eigenvalue weighted by molar-refractivity contribution is 0.628. The Kier molecular flexibility index (Phi) is 3.39. The second-order valence-corrected chi connectivity index (χ2v) is 9.20. The Morgan fingerprint density at radius 3 is 2.12 bits per heavy atom. The Labute approximate surface area is 150 Å². The van der Waals surface area contributed by atoms with Crippen molar-refractivity contribution in [3.05, 3.63) is 90.0 Å². The quantitative estimate of drug-likeness (QED) is 0.555. The van der Waals surface area contributed by atoms with Crippen LogP contribution in [-0.2, 0) is 4.08 Å². The smallest absolute Gasteiger partial charge is 0.0996 e. The Balaban J connectivity index is 1.62. The van der Waals surface area contributed by atoms with Crippen molar-refractivity contribution < 1.29 is 0 Å². The van der Waals surface area contributed by atoms with Crippen molar-refractivity contribution in [1.29, 1.82) is 0 Å². The van der Waals surface area contributed by atoms with Crippen LogP contribution in [0.15, 0.2) is 88.7 Å². The molecule has 1 atom stereocenters. The van der Waals surface area contributed by atoms with Crippen LogP contribution >= 0.6 is 23.5 Å². The molecule has 0 fully saturated rings. The Morgan fingerprint density at radius 1 is 0.750 bits per heavy atom. The third-order valence-electron chi connectivity index (χ3n) is 4.74. The molecule has 0 radical (unpaired) electrons. The molecule has 1 unspecified atom stereocenters. The van der Waals surface area contributed by atoms with Crippen molar-refractivity contribution in [2.45, 2.75) is 26.3 Å². The highest BCUT2D eigenvalue weighted by molar-refractivity contribution is 8.20. The van der Waals surface area contributed by atoms with Crippen molar-refractivity contribution in [2.24, 2.45) is 0 Å². The average Bonchev–Trinajstić information content (AvgIpc) is 3.01. The van der Waals surface area contributed by atoms with Crippen molar-refractivity contribution in [3.8, 4) is 0 Å². The second kappa shape index (κ2) is 5.61. The summed E-state index contributed by atoms with van der Waals surface area (Å²) in [5, 5.41) is 3.76. The molecule has 0 amide bonds. The van der Waals surface area contributed by atoms with Gasteiger partial charge in [0.2, 0.25) is 0 Å². The predicted molar refractivity (Wildman–Crippen MR) is 104 cm³/mol. The zero-order valence-corrected chi connectivity index (χ0v) is 14.7. The molecule has 2 heterocycles. The van der Waals surface area contributed by atoms with E-state index in [2.05, 4.69) is 84.2 Å². The maximum Gasteiger partial charge on any atom is 0.0996 e. The lowest BCUT2D eigenvalue weighted by Gasteiger charge is -2.39. The molecule has 3 heteroatoms. The minimum Gasteiger partial charge on any atom is -0.378 e. The Bertz CT molecular complexity index is 866. The number of hydrogen-bond acceptors (Lipinski definition) is 3. The summed E-state index contributed by atoms with van der Waals surface area (Å²) >= 11 is 4.05. The zero-order valence-electron chi connectivity index (χ0n) is 13.1. The molecule has 2 aliphatic heterocycles. The fraction of sp³-hybridized carbons (Fsp3) is 0.143. The molecule has 0 saturated heterocycles. The van der Waals surface area contributed by atoms with Crippen molar-refractivity contribution in [1.82, 2.24) is 0 Å². The van der Waals surface area contributed by atoms with Gasteiger partial charge in [-0.1, -0.05) is 60.7 Å². The standard InChI is InChI=1S/C21H17NS2/c1-2-8-15(9-3-1)18-14-21(16-10-4-5-11-17(16)22-18)23-19-12-6-7-13-20(19)24-21/h1-13,18,22H,14H2. The minimum absolute atomic E-state index is 0.0615. The molecule has 3 aromatic carbocycles. The molecule has 118 valence electrons. The SMILES string of the molecule is c1ccc(C2CC3(Sc4ccccc4S3)c3ccccc3N2)cc1. The monoisotopic (exact) mass is 347 g/mol. The molecular weight excluding hydrogens is 330 g/mol. The lowest BCUT2D eigenvalue weighted by Crippen LogP contribution is -2.29. The molecule has 3 aromatic rings. The first-order valence-corrected chi connectivity index (χ1v) is 9.85. The van der Waals surface area contributed by atoms with Crippen LogP contribution in [0.2, 0.25) is 0 Å². The van der Waals surface area contributed by atoms with E-state index in [1.807, 2.05) is 23.5 Å². The van der Waals surface area contributed by atoms with Crippen molar-refractivity contribution in [3.63, 3.8) is 0 Å². The fourth-order valence-corrected chi connectivity index (χ4v) is 7.01. The van der Waals surface area contributed by atoms with Gasteiger partial charge in [0, 0.05) is 27.5 Å². The van der Waals surface area contributed by atoms with Crippen LogP contribution in [0.1, 0.15) is 23.6 Å². The van der Waals surface area contributed by atoms with Gasteiger partial charge in [-0.15, -0.1) is 23.5 Å². The van der Waals surface area contributed by atoms with Crippen molar-refractivity contribution in [2.75, 3.05) is 5.32 Å². The Morgan fingerprint density at radius 2 is 1.38 bits per heavy atom. The summed E-state index contributed by atoms with van der Waals surface area (Å²) in [4.78, 5) is 2.82. The number of rotatable bonds is 1. The van der Waals surface area contributed by atoms with E-state index in [0.29, 0.717) is 6.04 Å². The molecule has 2 aliphatic rings. The van der Waals surface area contributed by atoms with Gasteiger partial charge in [0.1, 0.15) is 0 Å². The topological polar surface area (TPSA) is 12.0 Å². The number of para-hydroxylation sites is 1. The highest BCUT2D eigenvalue weighted by Gasteiger charge is 2.46. The summed E-state index contributed by atoms with van der Waals surface area (Å²) in [5.74, 6) is 0. The Hall–Kier alpha value is -1.84. The lowest BCUT2D eigenvalue weighted by atomic mass is 9.92. The van der Waals surface area contributed by atoms with Gasteiger partial charge in [0.25, 0.3) is 0 Å². The molecule has 1 nitrogen and oxygen atoms in total. The first-order chi connectivity index (χ1) is 11.8. The molecule has 5 rings (SSSR count). The van der Waals surface area contributed by atoms with E-state index in [1.54, 1.807) is 0 Å². The molecule has 0 aromatic heterocycles. The summed E-state index contributed by atoms with van der Waals surface area (Å²) in [6, 6.07) is 28.8. The minimum atomic E-state index is 0.0615. The van der Waals surface area contributed by atoms with E-state index in [1.165, 1.54) is 26.6 Å². The number of hydrogen-bond donors (Lipinski definition) is 1. The third kappa shape index (κ3) is 2.27. The molecular formula is C21H17NS2. The first-order valence-electron chi connectivity index (χ1n) is 8.22. The van der Waals surface area contributed by atoms with Crippen molar-refractivity contribution >= 4 is 29.2 Å². The van der Waals surface area contributed by atoms with Gasteiger partial charge in [0.05, 0.1) is 10.1 Å². The van der Waals surface area contributed by atoms with Gasteiger partial charge in [0.15, 0.2) is 0 Å². The van der Waals surface area contributed by atoms with E-state index < -0.39 is 0 Å². The highest BCUT2D eigenvalue weighted by Crippen LogP contribution is 2.67. The summed E-state index contributed by atoms with van der Waals surface area (Å²) in [7, 11) is 0. The highest BCUT2D eigenvalue weighted by atomic mass is 32.2. The molecule has 0 bridgehead atoms. The van der Waals surface area contributed by atoms with E-state index >= 15 is 0 Å². The van der Waals surface area contributed by atoms with Crippen LogP contribution in [0.3, 0.4) is 0 Å². The number of benzene rings is 3. The first kappa shape index (κ1) is 14.5. The summed E-state index contributed by atoms with van der Waals surface area (Å²) in [5.41, 5.74) is 4.05. The molecule has 24 heavy (non-hydrogen) atoms. The number of nitrogens with one attached hydrogen (secondary N) is 1. The molecule has 0 aliphatic carbocycles. The van der Waals surface area contributed by atoms with Crippen LogP contribution in [0.4, 0.5) is 5.69 Å². The zero-order chi connectivity index (χ0) is 16.0. The number of fused-ring (bicyclic) bond motifs is 3. The van der Waals surface area contributed by atoms with E-state index in [-0.39, 0.29) is 4.08 Å². The van der Waals surface area contributed by atoms with Crippen LogP contribution < -0.4 is 5.32 Å². The maximum absolute atomic E-state index is 3.76. The maximum atomic E-state index is 3.76. The third-order valence-corrected chi connectivity index (χ3v) is 7.95. The fourth-order valence-electron chi connectivity index (χ4n) is 3.63. The number of anilines is 1. The van der Waals surface area contributed by atoms with Crippen LogP contribution in [0, 0.1) is 0 Å². The van der Waals surface area contributed by atoms with E-state index in [0.717, 1.165) is 6.42 Å². The number of thioether (sulfide) groups is 2. The van der Waals surface area contributed by atoms with Crippen LogP contribution in [0.5, 0.6) is 0 Å². The van der Waals surface area contributed by atoms with Gasteiger partial charge in [-0.05, 0) is 23.8 Å². The molecule has 1 N–H and O–H groups in total. The van der Waals surface area contributed by atoms with Crippen LogP contribution in [-0.4, -0.2) is 0 Å². The molecule has 1 spiro atoms.